The van der Waals surface area contributed by atoms with Gasteiger partial charge < -0.3 is 5.32 Å². The summed E-state index contributed by atoms with van der Waals surface area (Å²) in [6.07, 6.45) is 1.48. The van der Waals surface area contributed by atoms with E-state index in [1.807, 2.05) is 0 Å². The van der Waals surface area contributed by atoms with E-state index in [2.05, 4.69) is 14.7 Å². The normalized spacial score (nSPS) is 10.3. The third-order valence-corrected chi connectivity index (χ3v) is 2.70. The highest BCUT2D eigenvalue weighted by Crippen LogP contribution is 2.17. The fourth-order valence-electron chi connectivity index (χ4n) is 1.08. The van der Waals surface area contributed by atoms with Crippen molar-refractivity contribution in [3.05, 3.63) is 40.9 Å². The monoisotopic (exact) mass is 243 g/mol. The van der Waals surface area contributed by atoms with E-state index in [9.17, 15) is 4.39 Å². The van der Waals surface area contributed by atoms with E-state index in [1.165, 1.54) is 23.9 Å². The molecule has 0 unspecified atom stereocenters. The van der Waals surface area contributed by atoms with Gasteiger partial charge in [0.2, 0.25) is 5.13 Å². The molecule has 0 aliphatic rings. The minimum absolute atomic E-state index is 0.131. The van der Waals surface area contributed by atoms with Crippen LogP contribution in [-0.4, -0.2) is 9.36 Å². The Morgan fingerprint density at radius 1 is 1.47 bits per heavy atom. The third-order valence-electron chi connectivity index (χ3n) is 1.79. The molecule has 0 fully saturated rings. The van der Waals surface area contributed by atoms with Gasteiger partial charge in [-0.15, -0.1) is 0 Å². The molecule has 15 heavy (non-hydrogen) atoms. The van der Waals surface area contributed by atoms with Gasteiger partial charge in [-0.25, -0.2) is 9.37 Å². The van der Waals surface area contributed by atoms with Crippen molar-refractivity contribution in [1.82, 2.24) is 9.36 Å². The Bertz CT molecular complexity index is 447. The van der Waals surface area contributed by atoms with Crippen molar-refractivity contribution in [3.63, 3.8) is 0 Å². The van der Waals surface area contributed by atoms with Crippen LogP contribution in [0.5, 0.6) is 0 Å². The number of hydrogen-bond donors (Lipinski definition) is 1. The second-order valence-electron chi connectivity index (χ2n) is 2.85. The van der Waals surface area contributed by atoms with Gasteiger partial charge in [-0.05, 0) is 17.7 Å². The molecular formula is C9H7ClFN3S. The molecule has 0 spiro atoms. The molecule has 2 rings (SSSR count). The quantitative estimate of drug-likeness (QED) is 0.901. The second-order valence-corrected chi connectivity index (χ2v) is 4.04. The molecule has 78 valence electrons. The van der Waals surface area contributed by atoms with Gasteiger partial charge in [-0.2, -0.15) is 4.37 Å². The lowest BCUT2D eigenvalue weighted by Gasteiger charge is -2.03. The zero-order valence-corrected chi connectivity index (χ0v) is 9.15. The van der Waals surface area contributed by atoms with E-state index in [4.69, 9.17) is 11.6 Å². The Balaban J connectivity index is 2.02. The van der Waals surface area contributed by atoms with E-state index in [0.29, 0.717) is 6.54 Å². The SMILES string of the molecule is Fc1ccc(CNc2ncns2)cc1Cl. The van der Waals surface area contributed by atoms with Gasteiger partial charge in [-0.1, -0.05) is 17.7 Å². The number of nitrogens with one attached hydrogen (secondary N) is 1. The molecule has 6 heteroatoms. The number of aromatic nitrogens is 2. The Hall–Kier alpha value is -1.20. The first-order chi connectivity index (χ1) is 7.25. The van der Waals surface area contributed by atoms with Crippen LogP contribution in [0.2, 0.25) is 5.02 Å². The topological polar surface area (TPSA) is 37.8 Å². The average Bonchev–Trinajstić information content (AvgIpc) is 2.73. The van der Waals surface area contributed by atoms with Gasteiger partial charge in [0.05, 0.1) is 5.02 Å². The lowest BCUT2D eigenvalue weighted by atomic mass is 10.2. The highest BCUT2D eigenvalue weighted by molar-refractivity contribution is 7.09. The summed E-state index contributed by atoms with van der Waals surface area (Å²) in [5, 5.41) is 3.91. The Labute approximate surface area is 95.1 Å². The molecule has 0 bridgehead atoms. The van der Waals surface area contributed by atoms with Crippen LogP contribution in [0.1, 0.15) is 5.56 Å². The largest absolute Gasteiger partial charge is 0.356 e. The summed E-state index contributed by atoms with van der Waals surface area (Å²) in [5.41, 5.74) is 0.900. The van der Waals surface area contributed by atoms with Gasteiger partial charge in [0, 0.05) is 18.1 Å². The van der Waals surface area contributed by atoms with Crippen LogP contribution in [0, 0.1) is 5.82 Å². The summed E-state index contributed by atoms with van der Waals surface area (Å²) >= 11 is 6.92. The van der Waals surface area contributed by atoms with Gasteiger partial charge in [0.15, 0.2) is 0 Å². The number of halogens is 2. The fraction of sp³-hybridized carbons (Fsp3) is 0.111. The molecule has 1 heterocycles. The summed E-state index contributed by atoms with van der Waals surface area (Å²) in [4.78, 5) is 3.96. The molecule has 0 atom stereocenters. The Morgan fingerprint density at radius 3 is 3.00 bits per heavy atom. The zero-order chi connectivity index (χ0) is 10.7. The third kappa shape index (κ3) is 2.64. The first-order valence-corrected chi connectivity index (χ1v) is 5.35. The maximum atomic E-state index is 12.8. The molecule has 0 amide bonds. The standard InChI is InChI=1S/C9H7ClFN3S/c10-7-3-6(1-2-8(7)11)4-12-9-13-5-14-15-9/h1-3,5H,4H2,(H,12,13,14). The maximum absolute atomic E-state index is 12.8. The van der Waals surface area contributed by atoms with Gasteiger partial charge in [-0.3, -0.25) is 0 Å². The molecule has 0 saturated heterocycles. The lowest BCUT2D eigenvalue weighted by molar-refractivity contribution is 0.627. The van der Waals surface area contributed by atoms with Crippen LogP contribution >= 0.6 is 23.1 Å². The van der Waals surface area contributed by atoms with Gasteiger partial charge in [0.1, 0.15) is 12.1 Å². The first kappa shape index (κ1) is 10.3. The predicted octanol–water partition coefficient (Wildman–Crippen LogP) is 2.94. The smallest absolute Gasteiger partial charge is 0.202 e. The second kappa shape index (κ2) is 4.55. The molecule has 2 aromatic rings. The fourth-order valence-corrected chi connectivity index (χ4v) is 1.71. The van der Waals surface area contributed by atoms with Crippen LogP contribution in [-0.2, 0) is 6.54 Å². The molecule has 1 aromatic heterocycles. The summed E-state index contributed by atoms with van der Waals surface area (Å²) in [6, 6.07) is 4.61. The number of hydrogen-bond acceptors (Lipinski definition) is 4. The molecular weight excluding hydrogens is 237 g/mol. The summed E-state index contributed by atoms with van der Waals surface area (Å²) in [6.45, 7) is 0.551. The summed E-state index contributed by atoms with van der Waals surface area (Å²) in [5.74, 6) is -0.406. The number of rotatable bonds is 3. The average molecular weight is 244 g/mol. The van der Waals surface area contributed by atoms with E-state index in [0.717, 1.165) is 10.7 Å². The van der Waals surface area contributed by atoms with Crippen molar-refractivity contribution < 1.29 is 4.39 Å². The van der Waals surface area contributed by atoms with Crippen LogP contribution in [0.25, 0.3) is 0 Å². The molecule has 1 aromatic carbocycles. The molecule has 3 nitrogen and oxygen atoms in total. The van der Waals surface area contributed by atoms with Crippen LogP contribution in [0.4, 0.5) is 9.52 Å². The molecule has 0 aliphatic carbocycles. The van der Waals surface area contributed by atoms with Crippen LogP contribution in [0.3, 0.4) is 0 Å². The van der Waals surface area contributed by atoms with Crippen LogP contribution < -0.4 is 5.32 Å². The van der Waals surface area contributed by atoms with Crippen LogP contribution in [0.15, 0.2) is 24.5 Å². The minimum atomic E-state index is -0.406. The molecule has 0 saturated carbocycles. The molecule has 0 aliphatic heterocycles. The minimum Gasteiger partial charge on any atom is -0.356 e. The van der Waals surface area contributed by atoms with Crippen molar-refractivity contribution in [3.8, 4) is 0 Å². The summed E-state index contributed by atoms with van der Waals surface area (Å²) < 4.78 is 16.7. The van der Waals surface area contributed by atoms with Gasteiger partial charge in [0.25, 0.3) is 0 Å². The maximum Gasteiger partial charge on any atom is 0.202 e. The number of benzene rings is 1. The highest BCUT2D eigenvalue weighted by Gasteiger charge is 2.01. The zero-order valence-electron chi connectivity index (χ0n) is 7.58. The van der Waals surface area contributed by atoms with E-state index in [1.54, 1.807) is 12.1 Å². The molecule has 1 N–H and O–H groups in total. The highest BCUT2D eigenvalue weighted by atomic mass is 35.5. The first-order valence-electron chi connectivity index (χ1n) is 4.20. The lowest BCUT2D eigenvalue weighted by Crippen LogP contribution is -1.98. The van der Waals surface area contributed by atoms with Crippen molar-refractivity contribution in [2.75, 3.05) is 5.32 Å². The van der Waals surface area contributed by atoms with Crippen molar-refractivity contribution in [2.45, 2.75) is 6.54 Å². The Kier molecular flexibility index (Phi) is 3.13. The number of anilines is 1. The van der Waals surface area contributed by atoms with Gasteiger partial charge >= 0.3 is 0 Å². The van der Waals surface area contributed by atoms with Crippen molar-refractivity contribution >= 4 is 28.3 Å². The summed E-state index contributed by atoms with van der Waals surface area (Å²) in [7, 11) is 0. The van der Waals surface area contributed by atoms with Crippen molar-refractivity contribution in [2.24, 2.45) is 0 Å². The molecule has 0 radical (unpaired) electrons. The predicted molar refractivity (Wildman–Crippen MR) is 58.6 cm³/mol. The van der Waals surface area contributed by atoms with Crippen molar-refractivity contribution in [1.29, 1.82) is 0 Å². The van der Waals surface area contributed by atoms with E-state index >= 15 is 0 Å². The van der Waals surface area contributed by atoms with E-state index in [-0.39, 0.29) is 5.02 Å². The number of nitrogens with zero attached hydrogens (tertiary/aromatic N) is 2. The van der Waals surface area contributed by atoms with E-state index < -0.39 is 5.82 Å². The Morgan fingerprint density at radius 2 is 2.33 bits per heavy atom.